The van der Waals surface area contributed by atoms with E-state index in [1.165, 1.54) is 4.90 Å². The molecule has 0 saturated carbocycles. The van der Waals surface area contributed by atoms with Crippen molar-refractivity contribution in [3.05, 3.63) is 27.7 Å². The number of nitrogens with zero attached hydrogens (tertiary/aromatic N) is 1. The highest BCUT2D eigenvalue weighted by molar-refractivity contribution is 9.10. The average Bonchev–Trinajstić information content (AvgIpc) is 2.39. The summed E-state index contributed by atoms with van der Waals surface area (Å²) >= 11 is 3.33. The Morgan fingerprint density at radius 1 is 1.38 bits per heavy atom. The summed E-state index contributed by atoms with van der Waals surface area (Å²) in [5, 5.41) is 2.79. The Bertz CT molecular complexity index is 544. The molecule has 0 saturated heterocycles. The van der Waals surface area contributed by atoms with Crippen LogP contribution in [0.15, 0.2) is 16.6 Å². The van der Waals surface area contributed by atoms with Crippen LogP contribution in [0.5, 0.6) is 0 Å². The van der Waals surface area contributed by atoms with Crippen LogP contribution in [0.3, 0.4) is 0 Å². The monoisotopic (exact) mass is 355 g/mol. The summed E-state index contributed by atoms with van der Waals surface area (Å²) < 4.78 is 0.742. The van der Waals surface area contributed by atoms with Gasteiger partial charge in [0.2, 0.25) is 5.91 Å². The fraction of sp³-hybridized carbons (Fsp3) is 0.467. The third-order valence-corrected chi connectivity index (χ3v) is 3.54. The number of rotatable bonds is 5. The Kier molecular flexibility index (Phi) is 6.20. The van der Waals surface area contributed by atoms with Crippen molar-refractivity contribution in [1.29, 1.82) is 0 Å². The fourth-order valence-electron chi connectivity index (χ4n) is 1.79. The molecule has 0 heterocycles. The van der Waals surface area contributed by atoms with Crippen LogP contribution in [-0.2, 0) is 4.79 Å². The number of nitrogen functional groups attached to an aromatic ring is 1. The maximum absolute atomic E-state index is 12.4. The van der Waals surface area contributed by atoms with Crippen LogP contribution in [0.25, 0.3) is 0 Å². The molecule has 0 aliphatic carbocycles. The predicted molar refractivity (Wildman–Crippen MR) is 88.1 cm³/mol. The molecular weight excluding hydrogens is 334 g/mol. The molecule has 2 amide bonds. The Balaban J connectivity index is 2.77. The van der Waals surface area contributed by atoms with E-state index in [1.54, 1.807) is 26.1 Å². The Labute approximate surface area is 134 Å². The van der Waals surface area contributed by atoms with E-state index < -0.39 is 0 Å². The van der Waals surface area contributed by atoms with E-state index in [-0.39, 0.29) is 18.4 Å². The zero-order valence-corrected chi connectivity index (χ0v) is 14.5. The van der Waals surface area contributed by atoms with Crippen LogP contribution < -0.4 is 11.1 Å². The number of anilines is 1. The van der Waals surface area contributed by atoms with Crippen LogP contribution in [-0.4, -0.2) is 36.9 Å². The molecule has 1 aromatic carbocycles. The molecule has 1 aromatic rings. The van der Waals surface area contributed by atoms with E-state index in [2.05, 4.69) is 21.2 Å². The van der Waals surface area contributed by atoms with Gasteiger partial charge in [-0.1, -0.05) is 29.8 Å². The van der Waals surface area contributed by atoms with Crippen molar-refractivity contribution in [2.45, 2.75) is 20.8 Å². The molecule has 0 unspecified atom stereocenters. The standard InChI is InChI=1S/C15H22BrN3O2/c1-9(2)7-18-14(20)8-19(4)15(21)12-5-11(16)6-13(17)10(12)3/h5-6,9H,7-8,17H2,1-4H3,(H,18,20). The first-order chi connectivity index (χ1) is 9.72. The van der Waals surface area contributed by atoms with E-state index in [0.29, 0.717) is 23.7 Å². The van der Waals surface area contributed by atoms with E-state index in [9.17, 15) is 9.59 Å². The van der Waals surface area contributed by atoms with Gasteiger partial charge in [-0.3, -0.25) is 9.59 Å². The van der Waals surface area contributed by atoms with E-state index >= 15 is 0 Å². The van der Waals surface area contributed by atoms with Crippen LogP contribution in [0.2, 0.25) is 0 Å². The molecule has 116 valence electrons. The summed E-state index contributed by atoms with van der Waals surface area (Å²) in [7, 11) is 1.60. The number of hydrogen-bond donors (Lipinski definition) is 2. The van der Waals surface area contributed by atoms with Crippen molar-refractivity contribution in [3.8, 4) is 0 Å². The lowest BCUT2D eigenvalue weighted by Gasteiger charge is -2.19. The average molecular weight is 356 g/mol. The van der Waals surface area contributed by atoms with Crippen molar-refractivity contribution in [2.75, 3.05) is 25.9 Å². The number of hydrogen-bond acceptors (Lipinski definition) is 3. The number of nitrogens with one attached hydrogen (secondary N) is 1. The fourth-order valence-corrected chi connectivity index (χ4v) is 2.26. The molecule has 5 nitrogen and oxygen atoms in total. The molecule has 0 aliphatic heterocycles. The van der Waals surface area contributed by atoms with Gasteiger partial charge in [-0.15, -0.1) is 0 Å². The lowest BCUT2D eigenvalue weighted by molar-refractivity contribution is -0.121. The second-order valence-electron chi connectivity index (χ2n) is 5.53. The van der Waals surface area contributed by atoms with Gasteiger partial charge in [-0.2, -0.15) is 0 Å². The van der Waals surface area contributed by atoms with E-state index in [0.717, 1.165) is 10.0 Å². The summed E-state index contributed by atoms with van der Waals surface area (Å²) in [5.74, 6) is -0.0116. The van der Waals surface area contributed by atoms with Crippen molar-refractivity contribution in [1.82, 2.24) is 10.2 Å². The van der Waals surface area contributed by atoms with Crippen molar-refractivity contribution in [2.24, 2.45) is 5.92 Å². The summed E-state index contributed by atoms with van der Waals surface area (Å²) in [6, 6.07) is 3.47. The molecule has 3 N–H and O–H groups in total. The molecule has 0 aliphatic rings. The van der Waals surface area contributed by atoms with E-state index in [1.807, 2.05) is 13.8 Å². The minimum absolute atomic E-state index is 0.0252. The Morgan fingerprint density at radius 2 is 2.00 bits per heavy atom. The summed E-state index contributed by atoms with van der Waals surface area (Å²) in [4.78, 5) is 25.6. The topological polar surface area (TPSA) is 75.4 Å². The molecule has 0 spiro atoms. The highest BCUT2D eigenvalue weighted by Crippen LogP contribution is 2.23. The summed E-state index contributed by atoms with van der Waals surface area (Å²) in [6.07, 6.45) is 0. The second kappa shape index (κ2) is 7.45. The number of carbonyl (C=O) groups excluding carboxylic acids is 2. The van der Waals surface area contributed by atoms with Gasteiger partial charge in [0, 0.05) is 29.3 Å². The minimum Gasteiger partial charge on any atom is -0.398 e. The second-order valence-corrected chi connectivity index (χ2v) is 6.44. The van der Waals surface area contributed by atoms with Gasteiger partial charge < -0.3 is 16.0 Å². The summed E-state index contributed by atoms with van der Waals surface area (Å²) in [5.41, 5.74) is 7.63. The van der Waals surface area contributed by atoms with Gasteiger partial charge in [-0.25, -0.2) is 0 Å². The minimum atomic E-state index is -0.222. The molecule has 0 fully saturated rings. The number of likely N-dealkylation sites (N-methyl/N-ethyl adjacent to an activating group) is 1. The Hall–Kier alpha value is -1.56. The van der Waals surface area contributed by atoms with Crippen LogP contribution in [0.4, 0.5) is 5.69 Å². The van der Waals surface area contributed by atoms with Crippen LogP contribution in [0.1, 0.15) is 29.8 Å². The normalized spacial score (nSPS) is 10.6. The number of benzene rings is 1. The molecule has 0 aromatic heterocycles. The van der Waals surface area contributed by atoms with Gasteiger partial charge in [0.05, 0.1) is 6.54 Å². The smallest absolute Gasteiger partial charge is 0.254 e. The van der Waals surface area contributed by atoms with Crippen LogP contribution >= 0.6 is 15.9 Å². The maximum Gasteiger partial charge on any atom is 0.254 e. The molecule has 0 radical (unpaired) electrons. The van der Waals surface area contributed by atoms with Gasteiger partial charge in [0.15, 0.2) is 0 Å². The molecule has 1 rings (SSSR count). The zero-order valence-electron chi connectivity index (χ0n) is 12.9. The first-order valence-corrected chi connectivity index (χ1v) is 7.59. The van der Waals surface area contributed by atoms with Crippen molar-refractivity contribution >= 4 is 33.4 Å². The zero-order chi connectivity index (χ0) is 16.2. The van der Waals surface area contributed by atoms with Crippen LogP contribution in [0, 0.1) is 12.8 Å². The lowest BCUT2D eigenvalue weighted by Crippen LogP contribution is -2.39. The number of halogens is 1. The van der Waals surface area contributed by atoms with Crippen molar-refractivity contribution < 1.29 is 9.59 Å². The third-order valence-electron chi connectivity index (χ3n) is 3.08. The van der Waals surface area contributed by atoms with Gasteiger partial charge >= 0.3 is 0 Å². The van der Waals surface area contributed by atoms with E-state index in [4.69, 9.17) is 5.73 Å². The highest BCUT2D eigenvalue weighted by atomic mass is 79.9. The van der Waals surface area contributed by atoms with Crippen molar-refractivity contribution in [3.63, 3.8) is 0 Å². The SMILES string of the molecule is Cc1c(N)cc(Br)cc1C(=O)N(C)CC(=O)NCC(C)C. The van der Waals surface area contributed by atoms with Gasteiger partial charge in [-0.05, 0) is 30.5 Å². The predicted octanol–water partition coefficient (Wildman–Crippen LogP) is 2.18. The lowest BCUT2D eigenvalue weighted by atomic mass is 10.1. The largest absolute Gasteiger partial charge is 0.398 e. The number of amides is 2. The first kappa shape index (κ1) is 17.5. The number of carbonyl (C=O) groups is 2. The maximum atomic E-state index is 12.4. The molecule has 0 bridgehead atoms. The Morgan fingerprint density at radius 3 is 2.57 bits per heavy atom. The first-order valence-electron chi connectivity index (χ1n) is 6.80. The highest BCUT2D eigenvalue weighted by Gasteiger charge is 2.18. The van der Waals surface area contributed by atoms with Gasteiger partial charge in [0.25, 0.3) is 5.91 Å². The number of nitrogens with two attached hydrogens (primary N) is 1. The molecule has 6 heteroatoms. The van der Waals surface area contributed by atoms with Gasteiger partial charge in [0.1, 0.15) is 0 Å². The summed E-state index contributed by atoms with van der Waals surface area (Å²) in [6.45, 7) is 6.45. The molecule has 21 heavy (non-hydrogen) atoms. The third kappa shape index (κ3) is 5.04. The molecule has 0 atom stereocenters. The quantitative estimate of drug-likeness (QED) is 0.794. The molecular formula is C15H22BrN3O2.